The van der Waals surface area contributed by atoms with E-state index >= 15 is 0 Å². The molecule has 16 heavy (non-hydrogen) atoms. The summed E-state index contributed by atoms with van der Waals surface area (Å²) >= 11 is 0. The Hall–Kier alpha value is -1.97. The third-order valence-corrected chi connectivity index (χ3v) is 2.43. The number of aryl methyl sites for hydroxylation is 2. The Morgan fingerprint density at radius 3 is 2.69 bits per heavy atom. The van der Waals surface area contributed by atoms with Crippen LogP contribution in [0.1, 0.15) is 11.4 Å². The number of hydrogen-bond acceptors (Lipinski definition) is 3. The molecule has 0 radical (unpaired) electrons. The van der Waals surface area contributed by atoms with Crippen LogP contribution < -0.4 is 5.32 Å². The van der Waals surface area contributed by atoms with E-state index in [1.54, 1.807) is 12.1 Å². The lowest BCUT2D eigenvalue weighted by molar-refractivity contribution is 0.476. The average Bonchev–Trinajstić information content (AvgIpc) is 2.56. The number of hydrogen-bond donors (Lipinski definition) is 2. The molecule has 2 aromatic rings. The van der Waals surface area contributed by atoms with Crippen LogP contribution in [-0.4, -0.2) is 14.9 Å². The van der Waals surface area contributed by atoms with Gasteiger partial charge in [-0.1, -0.05) is 12.1 Å². The largest absolute Gasteiger partial charge is 0.506 e. The molecule has 4 nitrogen and oxygen atoms in total. The van der Waals surface area contributed by atoms with Gasteiger partial charge in [0.25, 0.3) is 0 Å². The predicted molar refractivity (Wildman–Crippen MR) is 63.4 cm³/mol. The molecule has 0 amide bonds. The van der Waals surface area contributed by atoms with Gasteiger partial charge in [0.05, 0.1) is 11.4 Å². The number of aromatic nitrogens is 2. The molecule has 0 aliphatic carbocycles. The average molecular weight is 217 g/mol. The number of aromatic hydroxyl groups is 1. The molecule has 0 aliphatic rings. The highest BCUT2D eigenvalue weighted by Gasteiger charge is 2.02. The Morgan fingerprint density at radius 2 is 2.06 bits per heavy atom. The maximum Gasteiger partial charge on any atom is 0.138 e. The molecule has 0 aliphatic heterocycles. The summed E-state index contributed by atoms with van der Waals surface area (Å²) in [4.78, 5) is 0. The van der Waals surface area contributed by atoms with E-state index in [1.807, 2.05) is 36.7 Å². The Labute approximate surface area is 94.5 Å². The Balaban J connectivity index is 2.08. The van der Waals surface area contributed by atoms with Gasteiger partial charge >= 0.3 is 0 Å². The fourth-order valence-electron chi connectivity index (χ4n) is 1.62. The number of nitrogens with zero attached hydrogens (tertiary/aromatic N) is 2. The van der Waals surface area contributed by atoms with Crippen LogP contribution in [0.2, 0.25) is 0 Å². The molecule has 1 heterocycles. The summed E-state index contributed by atoms with van der Waals surface area (Å²) in [5.41, 5.74) is 2.81. The second kappa shape index (κ2) is 4.26. The fourth-order valence-corrected chi connectivity index (χ4v) is 1.62. The maximum atomic E-state index is 9.57. The highest BCUT2D eigenvalue weighted by Crippen LogP contribution is 2.21. The summed E-state index contributed by atoms with van der Waals surface area (Å²) in [6.45, 7) is 4.52. The fraction of sp³-hybridized carbons (Fsp3) is 0.250. The van der Waals surface area contributed by atoms with Crippen molar-refractivity contribution in [3.63, 3.8) is 0 Å². The smallest absolute Gasteiger partial charge is 0.138 e. The normalized spacial score (nSPS) is 10.4. The van der Waals surface area contributed by atoms with Crippen molar-refractivity contribution in [2.24, 2.45) is 0 Å². The van der Waals surface area contributed by atoms with Crippen molar-refractivity contribution in [1.29, 1.82) is 0 Å². The molecule has 1 aromatic carbocycles. The van der Waals surface area contributed by atoms with Gasteiger partial charge in [-0.25, -0.2) is 0 Å². The highest BCUT2D eigenvalue weighted by atomic mass is 16.3. The molecule has 0 saturated heterocycles. The van der Waals surface area contributed by atoms with Crippen LogP contribution in [-0.2, 0) is 6.67 Å². The van der Waals surface area contributed by atoms with Gasteiger partial charge in [-0.05, 0) is 32.0 Å². The van der Waals surface area contributed by atoms with E-state index in [-0.39, 0.29) is 5.75 Å². The number of phenols is 1. The predicted octanol–water partition coefficient (Wildman–Crippen LogP) is 2.28. The Kier molecular flexibility index (Phi) is 2.81. The first-order valence-electron chi connectivity index (χ1n) is 5.20. The second-order valence-electron chi connectivity index (χ2n) is 3.78. The number of rotatable bonds is 3. The molecular formula is C12H15N3O. The molecular weight excluding hydrogens is 202 g/mol. The van der Waals surface area contributed by atoms with Crippen molar-refractivity contribution in [2.75, 3.05) is 5.32 Å². The van der Waals surface area contributed by atoms with Crippen molar-refractivity contribution in [3.8, 4) is 5.75 Å². The zero-order chi connectivity index (χ0) is 11.5. The first kappa shape index (κ1) is 10.5. The van der Waals surface area contributed by atoms with Crippen LogP contribution in [0.5, 0.6) is 5.75 Å². The molecule has 4 heteroatoms. The van der Waals surface area contributed by atoms with Crippen molar-refractivity contribution in [2.45, 2.75) is 20.5 Å². The number of anilines is 1. The topological polar surface area (TPSA) is 50.1 Å². The molecule has 0 unspecified atom stereocenters. The molecule has 0 spiro atoms. The van der Waals surface area contributed by atoms with Crippen LogP contribution in [0.4, 0.5) is 5.69 Å². The standard InChI is InChI=1S/C12H15N3O/c1-9-7-10(2)15(14-9)8-13-11-5-3-4-6-12(11)16/h3-7,13,16H,8H2,1-2H3. The van der Waals surface area contributed by atoms with Crippen LogP contribution in [0.15, 0.2) is 30.3 Å². The minimum absolute atomic E-state index is 0.254. The summed E-state index contributed by atoms with van der Waals surface area (Å²) in [7, 11) is 0. The minimum atomic E-state index is 0.254. The van der Waals surface area contributed by atoms with E-state index in [9.17, 15) is 5.11 Å². The van der Waals surface area contributed by atoms with Crippen molar-refractivity contribution >= 4 is 5.69 Å². The highest BCUT2D eigenvalue weighted by molar-refractivity contribution is 5.54. The number of nitrogens with one attached hydrogen (secondary N) is 1. The van der Waals surface area contributed by atoms with Gasteiger partial charge in [0.15, 0.2) is 0 Å². The van der Waals surface area contributed by atoms with Gasteiger partial charge in [0.2, 0.25) is 0 Å². The Bertz CT molecular complexity index is 491. The molecule has 84 valence electrons. The lowest BCUT2D eigenvalue weighted by atomic mass is 10.3. The van der Waals surface area contributed by atoms with E-state index in [4.69, 9.17) is 0 Å². The third-order valence-electron chi connectivity index (χ3n) is 2.43. The van der Waals surface area contributed by atoms with Crippen molar-refractivity contribution in [1.82, 2.24) is 9.78 Å². The van der Waals surface area contributed by atoms with Gasteiger partial charge < -0.3 is 10.4 Å². The zero-order valence-electron chi connectivity index (χ0n) is 9.44. The van der Waals surface area contributed by atoms with Crippen LogP contribution >= 0.6 is 0 Å². The van der Waals surface area contributed by atoms with Gasteiger partial charge in [-0.15, -0.1) is 0 Å². The SMILES string of the molecule is Cc1cc(C)n(CNc2ccccc2O)n1. The molecule has 0 fully saturated rings. The maximum absolute atomic E-state index is 9.57. The Morgan fingerprint density at radius 1 is 1.31 bits per heavy atom. The molecule has 0 saturated carbocycles. The first-order chi connectivity index (χ1) is 7.66. The number of benzene rings is 1. The molecule has 2 rings (SSSR count). The lowest BCUT2D eigenvalue weighted by Crippen LogP contribution is -2.10. The second-order valence-corrected chi connectivity index (χ2v) is 3.78. The van der Waals surface area contributed by atoms with Crippen LogP contribution in [0.3, 0.4) is 0 Å². The van der Waals surface area contributed by atoms with E-state index in [2.05, 4.69) is 10.4 Å². The molecule has 1 aromatic heterocycles. The van der Waals surface area contributed by atoms with Gasteiger partial charge in [0.1, 0.15) is 12.4 Å². The van der Waals surface area contributed by atoms with Gasteiger partial charge in [-0.3, -0.25) is 4.68 Å². The van der Waals surface area contributed by atoms with E-state index in [0.717, 1.165) is 17.1 Å². The number of para-hydroxylation sites is 2. The van der Waals surface area contributed by atoms with Crippen molar-refractivity contribution in [3.05, 3.63) is 41.7 Å². The number of phenolic OH excluding ortho intramolecular Hbond substituents is 1. The quantitative estimate of drug-likeness (QED) is 0.775. The van der Waals surface area contributed by atoms with E-state index in [1.165, 1.54) is 0 Å². The van der Waals surface area contributed by atoms with Crippen molar-refractivity contribution < 1.29 is 5.11 Å². The molecule has 0 bridgehead atoms. The van der Waals surface area contributed by atoms with E-state index in [0.29, 0.717) is 6.67 Å². The first-order valence-corrected chi connectivity index (χ1v) is 5.20. The molecule has 0 atom stereocenters. The van der Waals surface area contributed by atoms with Gasteiger partial charge in [0, 0.05) is 5.69 Å². The van der Waals surface area contributed by atoms with Crippen LogP contribution in [0.25, 0.3) is 0 Å². The van der Waals surface area contributed by atoms with Gasteiger partial charge in [-0.2, -0.15) is 5.10 Å². The summed E-state index contributed by atoms with van der Waals surface area (Å²) in [6.07, 6.45) is 0. The molecule has 2 N–H and O–H groups in total. The van der Waals surface area contributed by atoms with Crippen LogP contribution in [0, 0.1) is 13.8 Å². The summed E-state index contributed by atoms with van der Waals surface area (Å²) < 4.78 is 1.86. The lowest BCUT2D eigenvalue weighted by Gasteiger charge is -2.09. The zero-order valence-corrected chi connectivity index (χ0v) is 9.44. The summed E-state index contributed by atoms with van der Waals surface area (Å²) in [5, 5.41) is 17.0. The summed E-state index contributed by atoms with van der Waals surface area (Å²) in [5.74, 6) is 0.254. The third kappa shape index (κ3) is 2.16. The van der Waals surface area contributed by atoms with E-state index < -0.39 is 0 Å². The minimum Gasteiger partial charge on any atom is -0.506 e. The summed E-state index contributed by atoms with van der Waals surface area (Å²) in [6, 6.07) is 9.18. The monoisotopic (exact) mass is 217 g/mol.